The average Bonchev–Trinajstić information content (AvgIpc) is 2.69. The minimum Gasteiger partial charge on any atom is -0.352 e. The highest BCUT2D eigenvalue weighted by Crippen LogP contribution is 2.68. The fourth-order valence-corrected chi connectivity index (χ4v) is 4.58. The molecule has 2 saturated heterocycles. The molecule has 3 nitrogen and oxygen atoms in total. The Kier molecular flexibility index (Phi) is 2.97. The van der Waals surface area contributed by atoms with Crippen LogP contribution in [0.1, 0.15) is 53.4 Å². The van der Waals surface area contributed by atoms with Crippen LogP contribution in [-0.4, -0.2) is 36.0 Å². The lowest BCUT2D eigenvalue weighted by Gasteiger charge is -2.37. The Hall–Kier alpha value is -0.570. The van der Waals surface area contributed by atoms with Gasteiger partial charge in [0.2, 0.25) is 5.91 Å². The quantitative estimate of drug-likeness (QED) is 0.830. The minimum absolute atomic E-state index is 0.154. The van der Waals surface area contributed by atoms with E-state index < -0.39 is 0 Å². The summed E-state index contributed by atoms with van der Waals surface area (Å²) in [5.41, 5.74) is 0.308. The van der Waals surface area contributed by atoms with Gasteiger partial charge in [-0.05, 0) is 49.6 Å². The van der Waals surface area contributed by atoms with Crippen LogP contribution in [0.4, 0.5) is 0 Å². The molecular weight excluding hydrogens is 236 g/mol. The molecule has 1 N–H and O–H groups in total. The minimum atomic E-state index is 0.154. The largest absolute Gasteiger partial charge is 0.352 e. The monoisotopic (exact) mass is 264 g/mol. The summed E-state index contributed by atoms with van der Waals surface area (Å²) in [6.07, 6.45) is 4.97. The topological polar surface area (TPSA) is 32.3 Å². The second-order valence-electron chi connectivity index (χ2n) is 7.88. The molecule has 2 atom stereocenters. The molecule has 3 fully saturated rings. The highest BCUT2D eigenvalue weighted by atomic mass is 16.2. The van der Waals surface area contributed by atoms with E-state index in [1.165, 1.54) is 38.8 Å². The number of nitrogens with zero attached hydrogens (tertiary/aromatic N) is 1. The molecule has 3 aliphatic rings. The predicted molar refractivity (Wildman–Crippen MR) is 76.8 cm³/mol. The zero-order valence-corrected chi connectivity index (χ0v) is 12.8. The molecule has 0 aromatic heterocycles. The van der Waals surface area contributed by atoms with Gasteiger partial charge in [-0.2, -0.15) is 0 Å². The van der Waals surface area contributed by atoms with Gasteiger partial charge in [0.15, 0.2) is 0 Å². The van der Waals surface area contributed by atoms with Crippen molar-refractivity contribution in [3.05, 3.63) is 0 Å². The van der Waals surface area contributed by atoms with Crippen molar-refractivity contribution in [3.63, 3.8) is 0 Å². The van der Waals surface area contributed by atoms with Crippen LogP contribution in [0.2, 0.25) is 0 Å². The Morgan fingerprint density at radius 1 is 1.05 bits per heavy atom. The lowest BCUT2D eigenvalue weighted by Crippen LogP contribution is -2.53. The number of fused-ring (bicyclic) bond motifs is 1. The summed E-state index contributed by atoms with van der Waals surface area (Å²) in [6, 6.07) is 1.01. The van der Waals surface area contributed by atoms with Crippen molar-refractivity contribution in [1.82, 2.24) is 10.2 Å². The Morgan fingerprint density at radius 3 is 2.21 bits per heavy atom. The van der Waals surface area contributed by atoms with Crippen molar-refractivity contribution >= 4 is 5.91 Å². The van der Waals surface area contributed by atoms with Crippen molar-refractivity contribution in [2.75, 3.05) is 13.1 Å². The molecule has 1 saturated carbocycles. The lowest BCUT2D eigenvalue weighted by atomic mass is 9.96. The van der Waals surface area contributed by atoms with E-state index in [1.807, 2.05) is 0 Å². The van der Waals surface area contributed by atoms with E-state index in [4.69, 9.17) is 0 Å². The molecular formula is C16H28N2O. The van der Waals surface area contributed by atoms with E-state index in [9.17, 15) is 4.79 Å². The lowest BCUT2D eigenvalue weighted by molar-refractivity contribution is -0.124. The van der Waals surface area contributed by atoms with Crippen molar-refractivity contribution in [2.45, 2.75) is 65.5 Å². The smallest absolute Gasteiger partial charge is 0.224 e. The summed E-state index contributed by atoms with van der Waals surface area (Å²) >= 11 is 0. The Bertz CT molecular complexity index is 374. The second kappa shape index (κ2) is 4.21. The van der Waals surface area contributed by atoms with Gasteiger partial charge in [0.1, 0.15) is 0 Å². The van der Waals surface area contributed by atoms with Crippen LogP contribution in [-0.2, 0) is 4.79 Å². The first-order valence-electron chi connectivity index (χ1n) is 7.90. The van der Waals surface area contributed by atoms with Gasteiger partial charge in [-0.3, -0.25) is 9.69 Å². The number of nitrogens with one attached hydrogen (secondary N) is 1. The summed E-state index contributed by atoms with van der Waals surface area (Å²) < 4.78 is 0. The number of hydrogen-bond donors (Lipinski definition) is 1. The van der Waals surface area contributed by atoms with Crippen LogP contribution in [0.5, 0.6) is 0 Å². The zero-order chi connectivity index (χ0) is 13.8. The molecule has 3 heteroatoms. The van der Waals surface area contributed by atoms with Gasteiger partial charge in [-0.1, -0.05) is 27.7 Å². The Morgan fingerprint density at radius 2 is 1.63 bits per heavy atom. The highest BCUT2D eigenvalue weighted by Gasteiger charge is 2.68. The van der Waals surface area contributed by atoms with Gasteiger partial charge in [-0.15, -0.1) is 0 Å². The van der Waals surface area contributed by atoms with Gasteiger partial charge in [0, 0.05) is 18.0 Å². The van der Waals surface area contributed by atoms with E-state index in [0.29, 0.717) is 18.0 Å². The second-order valence-corrected chi connectivity index (χ2v) is 7.88. The number of rotatable bonds is 2. The predicted octanol–water partition coefficient (Wildman–Crippen LogP) is 2.41. The number of carbonyl (C=O) groups is 1. The summed E-state index contributed by atoms with van der Waals surface area (Å²) in [4.78, 5) is 15.1. The number of piperidine rings is 1. The van der Waals surface area contributed by atoms with Gasteiger partial charge >= 0.3 is 0 Å². The number of hydrogen-bond acceptors (Lipinski definition) is 2. The molecule has 0 bridgehead atoms. The van der Waals surface area contributed by atoms with Crippen molar-refractivity contribution in [2.24, 2.45) is 16.7 Å². The van der Waals surface area contributed by atoms with Crippen LogP contribution in [0.25, 0.3) is 0 Å². The first kappa shape index (κ1) is 13.4. The third-order valence-electron chi connectivity index (χ3n) is 6.45. The third kappa shape index (κ3) is 1.93. The molecule has 2 heterocycles. The molecule has 1 aliphatic carbocycles. The maximum absolute atomic E-state index is 12.6. The number of amides is 1. The van der Waals surface area contributed by atoms with Crippen LogP contribution in [0.3, 0.4) is 0 Å². The van der Waals surface area contributed by atoms with Crippen LogP contribution < -0.4 is 5.32 Å². The molecule has 1 amide bonds. The molecule has 2 aliphatic heterocycles. The van der Waals surface area contributed by atoms with Crippen LogP contribution in [0, 0.1) is 16.7 Å². The van der Waals surface area contributed by atoms with Crippen molar-refractivity contribution in [3.8, 4) is 0 Å². The number of carbonyl (C=O) groups excluding carboxylic acids is 1. The first-order chi connectivity index (χ1) is 8.85. The molecule has 0 aromatic rings. The van der Waals surface area contributed by atoms with E-state index in [0.717, 1.165) is 0 Å². The SMILES string of the molecule is CC1(C)C(C(=O)N[C@H]2CCCN3CCC[C@@H]23)C1(C)C. The molecule has 108 valence electrons. The van der Waals surface area contributed by atoms with E-state index in [1.54, 1.807) is 0 Å². The first-order valence-corrected chi connectivity index (χ1v) is 7.90. The van der Waals surface area contributed by atoms with Gasteiger partial charge < -0.3 is 5.32 Å². The van der Waals surface area contributed by atoms with Gasteiger partial charge in [0.25, 0.3) is 0 Å². The fourth-order valence-electron chi connectivity index (χ4n) is 4.58. The molecule has 0 unspecified atom stereocenters. The Labute approximate surface area is 117 Å². The molecule has 0 radical (unpaired) electrons. The molecule has 0 aromatic carbocycles. The average molecular weight is 264 g/mol. The third-order valence-corrected chi connectivity index (χ3v) is 6.45. The van der Waals surface area contributed by atoms with Crippen molar-refractivity contribution in [1.29, 1.82) is 0 Å². The van der Waals surface area contributed by atoms with Gasteiger partial charge in [-0.25, -0.2) is 0 Å². The summed E-state index contributed by atoms with van der Waals surface area (Å²) in [5, 5.41) is 3.38. The Balaban J connectivity index is 1.64. The summed E-state index contributed by atoms with van der Waals surface area (Å²) in [7, 11) is 0. The standard InChI is InChI=1S/C16H28N2O/c1-15(2)13(16(15,3)4)14(19)17-11-7-5-9-18-10-6-8-12(11)18/h11-13H,5-10H2,1-4H3,(H,17,19)/t11-,12-/m0/s1. The normalized spacial score (nSPS) is 36.8. The molecule has 0 spiro atoms. The molecule has 19 heavy (non-hydrogen) atoms. The maximum atomic E-state index is 12.6. The fraction of sp³-hybridized carbons (Fsp3) is 0.938. The van der Waals surface area contributed by atoms with Crippen LogP contribution in [0.15, 0.2) is 0 Å². The summed E-state index contributed by atoms with van der Waals surface area (Å²) in [6.45, 7) is 11.4. The molecule has 3 rings (SSSR count). The van der Waals surface area contributed by atoms with Crippen LogP contribution >= 0.6 is 0 Å². The van der Waals surface area contributed by atoms with E-state index in [2.05, 4.69) is 37.9 Å². The van der Waals surface area contributed by atoms with E-state index >= 15 is 0 Å². The van der Waals surface area contributed by atoms with Gasteiger partial charge in [0.05, 0.1) is 0 Å². The van der Waals surface area contributed by atoms with Crippen molar-refractivity contribution < 1.29 is 4.79 Å². The highest BCUT2D eigenvalue weighted by molar-refractivity contribution is 5.84. The summed E-state index contributed by atoms with van der Waals surface area (Å²) in [5.74, 6) is 0.491. The maximum Gasteiger partial charge on any atom is 0.224 e. The zero-order valence-electron chi connectivity index (χ0n) is 12.8. The van der Waals surface area contributed by atoms with E-state index in [-0.39, 0.29) is 16.7 Å².